The van der Waals surface area contributed by atoms with Crippen molar-refractivity contribution in [2.45, 2.75) is 58.7 Å². The van der Waals surface area contributed by atoms with Crippen LogP contribution in [0.5, 0.6) is 0 Å². The van der Waals surface area contributed by atoms with Gasteiger partial charge in [-0.2, -0.15) is 0 Å². The SMILES string of the molecule is CCCc1ccc(C2(C)NC(=O)N(CC(=O)N(Cc3ccccc3)C(C)C)C2=O)cc1. The smallest absolute Gasteiger partial charge is 0.325 e. The molecule has 2 aromatic carbocycles. The van der Waals surface area contributed by atoms with E-state index >= 15 is 0 Å². The summed E-state index contributed by atoms with van der Waals surface area (Å²) in [5.74, 6) is -0.664. The summed E-state index contributed by atoms with van der Waals surface area (Å²) in [7, 11) is 0. The highest BCUT2D eigenvalue weighted by atomic mass is 16.2. The van der Waals surface area contributed by atoms with Crippen molar-refractivity contribution in [1.29, 1.82) is 0 Å². The first-order valence-electron chi connectivity index (χ1n) is 10.8. The predicted octanol–water partition coefficient (Wildman–Crippen LogP) is 3.84. The van der Waals surface area contributed by atoms with E-state index in [4.69, 9.17) is 0 Å². The van der Waals surface area contributed by atoms with Gasteiger partial charge in [-0.25, -0.2) is 4.79 Å². The van der Waals surface area contributed by atoms with Gasteiger partial charge in [0.05, 0.1) is 0 Å². The van der Waals surface area contributed by atoms with Gasteiger partial charge in [0.1, 0.15) is 12.1 Å². The number of hydrogen-bond donors (Lipinski definition) is 1. The highest BCUT2D eigenvalue weighted by molar-refractivity contribution is 6.09. The highest BCUT2D eigenvalue weighted by Crippen LogP contribution is 2.29. The average molecular weight is 422 g/mol. The molecule has 1 fully saturated rings. The van der Waals surface area contributed by atoms with Gasteiger partial charge in [-0.05, 0) is 43.9 Å². The fourth-order valence-corrected chi connectivity index (χ4v) is 3.89. The molecule has 0 spiro atoms. The molecule has 1 N–H and O–H groups in total. The lowest BCUT2D eigenvalue weighted by atomic mass is 9.91. The number of imide groups is 1. The van der Waals surface area contributed by atoms with E-state index in [1.165, 1.54) is 5.56 Å². The maximum absolute atomic E-state index is 13.2. The lowest BCUT2D eigenvalue weighted by Gasteiger charge is -2.28. The van der Waals surface area contributed by atoms with E-state index in [0.717, 1.165) is 23.3 Å². The number of nitrogens with one attached hydrogen (secondary N) is 1. The van der Waals surface area contributed by atoms with E-state index in [9.17, 15) is 14.4 Å². The maximum Gasteiger partial charge on any atom is 0.325 e. The fraction of sp³-hybridized carbons (Fsp3) is 0.400. The second-order valence-corrected chi connectivity index (χ2v) is 8.49. The maximum atomic E-state index is 13.2. The summed E-state index contributed by atoms with van der Waals surface area (Å²) >= 11 is 0. The molecule has 6 heteroatoms. The summed E-state index contributed by atoms with van der Waals surface area (Å²) in [5.41, 5.74) is 1.72. The molecular weight excluding hydrogens is 390 g/mol. The summed E-state index contributed by atoms with van der Waals surface area (Å²) < 4.78 is 0. The molecule has 6 nitrogen and oxygen atoms in total. The molecule has 1 unspecified atom stereocenters. The van der Waals surface area contributed by atoms with E-state index in [2.05, 4.69) is 12.2 Å². The number of hydrogen-bond acceptors (Lipinski definition) is 3. The summed E-state index contributed by atoms with van der Waals surface area (Å²) in [5, 5.41) is 2.79. The normalized spacial score (nSPS) is 18.4. The molecule has 1 atom stereocenters. The van der Waals surface area contributed by atoms with Crippen molar-refractivity contribution in [3.05, 3.63) is 71.3 Å². The van der Waals surface area contributed by atoms with Gasteiger partial charge >= 0.3 is 6.03 Å². The van der Waals surface area contributed by atoms with Gasteiger partial charge in [-0.1, -0.05) is 67.9 Å². The number of urea groups is 1. The Balaban J connectivity index is 1.75. The summed E-state index contributed by atoms with van der Waals surface area (Å²) in [6, 6.07) is 16.8. The number of carbonyl (C=O) groups excluding carboxylic acids is 3. The second-order valence-electron chi connectivity index (χ2n) is 8.49. The number of rotatable bonds is 8. The van der Waals surface area contributed by atoms with E-state index in [-0.39, 0.29) is 18.5 Å². The average Bonchev–Trinajstić information content (AvgIpc) is 2.97. The zero-order chi connectivity index (χ0) is 22.6. The van der Waals surface area contributed by atoms with Crippen molar-refractivity contribution in [2.24, 2.45) is 0 Å². The molecule has 1 aliphatic rings. The van der Waals surface area contributed by atoms with Gasteiger partial charge in [0.15, 0.2) is 0 Å². The zero-order valence-electron chi connectivity index (χ0n) is 18.7. The molecule has 1 aliphatic heterocycles. The van der Waals surface area contributed by atoms with Crippen LogP contribution in [-0.4, -0.2) is 40.2 Å². The van der Waals surface area contributed by atoms with Crippen LogP contribution in [0.3, 0.4) is 0 Å². The molecule has 164 valence electrons. The number of nitrogens with zero attached hydrogens (tertiary/aromatic N) is 2. The second kappa shape index (κ2) is 9.33. The lowest BCUT2D eigenvalue weighted by molar-refractivity contribution is -0.140. The van der Waals surface area contributed by atoms with Crippen molar-refractivity contribution in [2.75, 3.05) is 6.54 Å². The van der Waals surface area contributed by atoms with E-state index in [1.54, 1.807) is 11.8 Å². The fourth-order valence-electron chi connectivity index (χ4n) is 3.89. The van der Waals surface area contributed by atoms with Crippen LogP contribution < -0.4 is 5.32 Å². The monoisotopic (exact) mass is 421 g/mol. The summed E-state index contributed by atoms with van der Waals surface area (Å²) in [6.45, 7) is 7.81. The minimum absolute atomic E-state index is 0.0639. The van der Waals surface area contributed by atoms with Crippen molar-refractivity contribution in [3.8, 4) is 0 Å². The summed E-state index contributed by atoms with van der Waals surface area (Å²) in [6.07, 6.45) is 2.00. The minimum Gasteiger partial charge on any atom is -0.334 e. The largest absolute Gasteiger partial charge is 0.334 e. The van der Waals surface area contributed by atoms with Crippen LogP contribution in [0, 0.1) is 0 Å². The molecule has 3 rings (SSSR count). The van der Waals surface area contributed by atoms with Gasteiger partial charge in [-0.3, -0.25) is 14.5 Å². The lowest BCUT2D eigenvalue weighted by Crippen LogP contribution is -2.46. The number of benzene rings is 2. The Morgan fingerprint density at radius 1 is 1.03 bits per heavy atom. The first kappa shape index (κ1) is 22.5. The Hall–Kier alpha value is -3.15. The Bertz CT molecular complexity index is 940. The van der Waals surface area contributed by atoms with Crippen molar-refractivity contribution in [1.82, 2.24) is 15.1 Å². The van der Waals surface area contributed by atoms with Crippen LogP contribution in [0.4, 0.5) is 4.79 Å². The molecule has 0 radical (unpaired) electrons. The topological polar surface area (TPSA) is 69.7 Å². The van der Waals surface area contributed by atoms with E-state index in [0.29, 0.717) is 12.1 Å². The molecule has 1 heterocycles. The first-order valence-corrected chi connectivity index (χ1v) is 10.8. The van der Waals surface area contributed by atoms with Crippen LogP contribution in [0.15, 0.2) is 54.6 Å². The molecule has 0 aliphatic carbocycles. The standard InChI is InChI=1S/C25H31N3O3/c1-5-9-19-12-14-21(15-13-19)25(4)23(30)28(24(31)26-25)17-22(29)27(18(2)3)16-20-10-7-6-8-11-20/h6-8,10-15,18H,5,9,16-17H2,1-4H3,(H,26,31). The molecule has 1 saturated heterocycles. The van der Waals surface area contributed by atoms with Crippen molar-refractivity contribution < 1.29 is 14.4 Å². The Morgan fingerprint density at radius 2 is 1.68 bits per heavy atom. The van der Waals surface area contributed by atoms with Gasteiger partial charge in [0.2, 0.25) is 5.91 Å². The quantitative estimate of drug-likeness (QED) is 0.659. The van der Waals surface area contributed by atoms with E-state index < -0.39 is 17.5 Å². The Labute approximate surface area is 184 Å². The van der Waals surface area contributed by atoms with Crippen molar-refractivity contribution >= 4 is 17.8 Å². The molecule has 4 amide bonds. The number of carbonyl (C=O) groups is 3. The highest BCUT2D eigenvalue weighted by Gasteiger charge is 2.49. The van der Waals surface area contributed by atoms with Gasteiger partial charge in [-0.15, -0.1) is 0 Å². The van der Waals surface area contributed by atoms with E-state index in [1.807, 2.05) is 68.4 Å². The number of amides is 4. The molecule has 0 bridgehead atoms. The van der Waals surface area contributed by atoms with Crippen LogP contribution in [-0.2, 0) is 28.1 Å². The molecule has 0 aromatic heterocycles. The van der Waals surface area contributed by atoms with Crippen LogP contribution in [0.2, 0.25) is 0 Å². The summed E-state index contributed by atoms with van der Waals surface area (Å²) in [4.78, 5) is 41.6. The third kappa shape index (κ3) is 4.79. The predicted molar refractivity (Wildman–Crippen MR) is 120 cm³/mol. The van der Waals surface area contributed by atoms with Gasteiger partial charge in [0.25, 0.3) is 5.91 Å². The van der Waals surface area contributed by atoms with Gasteiger partial charge in [0, 0.05) is 12.6 Å². The van der Waals surface area contributed by atoms with Gasteiger partial charge < -0.3 is 10.2 Å². The third-order valence-corrected chi connectivity index (χ3v) is 5.78. The van der Waals surface area contributed by atoms with Crippen LogP contribution >= 0.6 is 0 Å². The molecular formula is C25H31N3O3. The van der Waals surface area contributed by atoms with Crippen LogP contribution in [0.1, 0.15) is 50.8 Å². The molecule has 0 saturated carbocycles. The first-order chi connectivity index (χ1) is 14.8. The van der Waals surface area contributed by atoms with Crippen LogP contribution in [0.25, 0.3) is 0 Å². The van der Waals surface area contributed by atoms with Crippen molar-refractivity contribution in [3.63, 3.8) is 0 Å². The molecule has 2 aromatic rings. The zero-order valence-corrected chi connectivity index (χ0v) is 18.7. The minimum atomic E-state index is -1.18. The number of aryl methyl sites for hydroxylation is 1. The Morgan fingerprint density at radius 3 is 2.26 bits per heavy atom. The third-order valence-electron chi connectivity index (χ3n) is 5.78. The molecule has 31 heavy (non-hydrogen) atoms. The Kier molecular flexibility index (Phi) is 6.78.